The molecule has 1 fully saturated rings. The van der Waals surface area contributed by atoms with Gasteiger partial charge >= 0.3 is 0 Å². The normalized spacial score (nSPS) is 18.7. The van der Waals surface area contributed by atoms with Crippen molar-refractivity contribution in [3.05, 3.63) is 48.0 Å². The first kappa shape index (κ1) is 26.2. The zero-order chi connectivity index (χ0) is 25.9. The van der Waals surface area contributed by atoms with Crippen LogP contribution in [-0.4, -0.2) is 85.4 Å². The van der Waals surface area contributed by atoms with Crippen LogP contribution in [0.4, 0.5) is 5.69 Å². The van der Waals surface area contributed by atoms with Gasteiger partial charge in [0.2, 0.25) is 20.0 Å². The molecule has 1 N–H and O–H groups in total. The number of anilines is 1. The predicted octanol–water partition coefficient (Wildman–Crippen LogP) is 0.738. The highest BCUT2D eigenvalue weighted by molar-refractivity contribution is 7.92. The Kier molecular flexibility index (Phi) is 7.73. The first-order valence-corrected chi connectivity index (χ1v) is 14.7. The van der Waals surface area contributed by atoms with Gasteiger partial charge in [-0.1, -0.05) is 6.07 Å². The summed E-state index contributed by atoms with van der Waals surface area (Å²) < 4.78 is 69.1. The fourth-order valence-electron chi connectivity index (χ4n) is 3.91. The molecule has 0 aliphatic carbocycles. The van der Waals surface area contributed by atoms with Gasteiger partial charge in [-0.15, -0.1) is 0 Å². The number of hydrogen-bond donors (Lipinski definition) is 1. The van der Waals surface area contributed by atoms with Gasteiger partial charge < -0.3 is 19.5 Å². The lowest BCUT2D eigenvalue weighted by Gasteiger charge is -2.34. The zero-order valence-electron chi connectivity index (χ0n) is 20.0. The van der Waals surface area contributed by atoms with Crippen LogP contribution < -0.4 is 19.1 Å². The highest BCUT2D eigenvalue weighted by Gasteiger charge is 2.35. The number of carbonyl (C=O) groups excluding carboxylic acids is 1. The quantitative estimate of drug-likeness (QED) is 0.486. The van der Waals surface area contributed by atoms with E-state index in [0.29, 0.717) is 43.5 Å². The van der Waals surface area contributed by atoms with Gasteiger partial charge in [-0.05, 0) is 48.9 Å². The van der Waals surface area contributed by atoms with Gasteiger partial charge in [0.1, 0.15) is 18.1 Å². The molecule has 0 spiro atoms. The largest absolute Gasteiger partial charge is 0.492 e. The summed E-state index contributed by atoms with van der Waals surface area (Å²) in [5.74, 6) is 0.313. The van der Waals surface area contributed by atoms with Crippen LogP contribution in [0.5, 0.6) is 11.5 Å². The van der Waals surface area contributed by atoms with E-state index in [1.807, 2.05) is 6.92 Å². The van der Waals surface area contributed by atoms with Crippen molar-refractivity contribution in [3.63, 3.8) is 0 Å². The van der Waals surface area contributed by atoms with E-state index < -0.39 is 32.1 Å². The monoisotopic (exact) mass is 539 g/mol. The van der Waals surface area contributed by atoms with Crippen molar-refractivity contribution >= 4 is 31.6 Å². The SMILES string of the molecule is Cc1ccc2c(c1)O[C@H](C(=O)NCCOc1ccc(S(=O)(=O)N3CCOCC3)cc1)CN2S(C)(=O)=O. The lowest BCUT2D eigenvalue weighted by atomic mass is 10.1. The molecular formula is C23H29N3O8S2. The van der Waals surface area contributed by atoms with E-state index in [4.69, 9.17) is 14.2 Å². The molecule has 0 bridgehead atoms. The molecule has 0 saturated carbocycles. The van der Waals surface area contributed by atoms with Gasteiger partial charge in [-0.25, -0.2) is 16.8 Å². The van der Waals surface area contributed by atoms with Crippen molar-refractivity contribution in [2.75, 3.05) is 56.6 Å². The molecule has 0 unspecified atom stereocenters. The van der Waals surface area contributed by atoms with Crippen LogP contribution in [-0.2, 0) is 29.6 Å². The van der Waals surface area contributed by atoms with Gasteiger partial charge in [0, 0.05) is 13.1 Å². The van der Waals surface area contributed by atoms with E-state index in [1.165, 1.54) is 20.7 Å². The molecule has 1 saturated heterocycles. The standard InChI is InChI=1S/C23H29N3O8S2/c1-17-3-8-20-21(15-17)34-22(16-26(20)35(2,28)29)23(27)24-9-12-33-18-4-6-19(7-5-18)36(30,31)25-10-13-32-14-11-25/h3-8,15,22H,9-14,16H2,1-2H3,(H,24,27)/t22-/m0/s1. The van der Waals surface area contributed by atoms with Crippen LogP contribution in [0.3, 0.4) is 0 Å². The van der Waals surface area contributed by atoms with E-state index in [2.05, 4.69) is 5.32 Å². The van der Waals surface area contributed by atoms with E-state index in [-0.39, 0.29) is 24.6 Å². The molecule has 2 heterocycles. The lowest BCUT2D eigenvalue weighted by molar-refractivity contribution is -0.127. The molecule has 36 heavy (non-hydrogen) atoms. The minimum Gasteiger partial charge on any atom is -0.492 e. The maximum atomic E-state index is 12.7. The molecule has 1 atom stereocenters. The average Bonchev–Trinajstić information content (AvgIpc) is 2.86. The van der Waals surface area contributed by atoms with Crippen molar-refractivity contribution in [2.45, 2.75) is 17.9 Å². The number of rotatable bonds is 8. The second kappa shape index (κ2) is 10.6. The highest BCUT2D eigenvalue weighted by Crippen LogP contribution is 2.35. The summed E-state index contributed by atoms with van der Waals surface area (Å²) in [5, 5.41) is 2.69. The molecule has 2 aliphatic rings. The maximum Gasteiger partial charge on any atom is 0.263 e. The molecule has 2 aliphatic heterocycles. The number of carbonyl (C=O) groups is 1. The molecule has 4 rings (SSSR count). The third kappa shape index (κ3) is 5.91. The van der Waals surface area contributed by atoms with Crippen molar-refractivity contribution in [1.29, 1.82) is 0 Å². The Hall–Kier alpha value is -2.87. The molecule has 11 nitrogen and oxygen atoms in total. The highest BCUT2D eigenvalue weighted by atomic mass is 32.2. The van der Waals surface area contributed by atoms with Gasteiger partial charge in [0.05, 0.1) is 43.1 Å². The van der Waals surface area contributed by atoms with Crippen molar-refractivity contribution < 1.29 is 35.8 Å². The van der Waals surface area contributed by atoms with Crippen LogP contribution in [0.2, 0.25) is 0 Å². The van der Waals surface area contributed by atoms with Crippen molar-refractivity contribution in [1.82, 2.24) is 9.62 Å². The van der Waals surface area contributed by atoms with E-state index in [9.17, 15) is 21.6 Å². The van der Waals surface area contributed by atoms with E-state index in [1.54, 1.807) is 30.3 Å². The van der Waals surface area contributed by atoms with E-state index >= 15 is 0 Å². The minimum atomic E-state index is -3.60. The van der Waals surface area contributed by atoms with Crippen LogP contribution in [0.25, 0.3) is 0 Å². The second-order valence-electron chi connectivity index (χ2n) is 8.50. The third-order valence-electron chi connectivity index (χ3n) is 5.78. The molecule has 0 aromatic heterocycles. The summed E-state index contributed by atoms with van der Waals surface area (Å²) in [6.07, 6.45) is 0.0705. The Morgan fingerprint density at radius 3 is 2.44 bits per heavy atom. The van der Waals surface area contributed by atoms with Crippen LogP contribution >= 0.6 is 0 Å². The summed E-state index contributed by atoms with van der Waals surface area (Å²) in [5.41, 5.74) is 1.27. The summed E-state index contributed by atoms with van der Waals surface area (Å²) in [6, 6.07) is 11.2. The number of hydrogen-bond acceptors (Lipinski definition) is 8. The van der Waals surface area contributed by atoms with Crippen LogP contribution in [0.15, 0.2) is 47.4 Å². The number of sulfonamides is 2. The van der Waals surface area contributed by atoms with Gasteiger partial charge in [-0.3, -0.25) is 9.10 Å². The molecule has 1 amide bonds. The number of fused-ring (bicyclic) bond motifs is 1. The smallest absolute Gasteiger partial charge is 0.263 e. The minimum absolute atomic E-state index is 0.125. The predicted molar refractivity (Wildman–Crippen MR) is 132 cm³/mol. The molecule has 196 valence electrons. The van der Waals surface area contributed by atoms with Crippen LogP contribution in [0, 0.1) is 6.92 Å². The molecule has 0 radical (unpaired) electrons. The number of ether oxygens (including phenoxy) is 3. The Bertz CT molecular complexity index is 1310. The van der Waals surface area contributed by atoms with Gasteiger partial charge in [0.25, 0.3) is 5.91 Å². The summed E-state index contributed by atoms with van der Waals surface area (Å²) in [6.45, 7) is 3.36. The average molecular weight is 540 g/mol. The van der Waals surface area contributed by atoms with Gasteiger partial charge in [0.15, 0.2) is 6.10 Å². The first-order valence-electron chi connectivity index (χ1n) is 11.4. The Balaban J connectivity index is 1.30. The molecule has 2 aromatic carbocycles. The first-order chi connectivity index (χ1) is 17.1. The van der Waals surface area contributed by atoms with Gasteiger partial charge in [-0.2, -0.15) is 4.31 Å². The Labute approximate surface area is 211 Å². The van der Waals surface area contributed by atoms with Crippen LogP contribution in [0.1, 0.15) is 5.56 Å². The molecular weight excluding hydrogens is 510 g/mol. The number of aryl methyl sites for hydroxylation is 1. The summed E-state index contributed by atoms with van der Waals surface area (Å²) in [7, 11) is -7.19. The fourth-order valence-corrected chi connectivity index (χ4v) is 6.23. The topological polar surface area (TPSA) is 132 Å². The fraction of sp³-hybridized carbons (Fsp3) is 0.435. The van der Waals surface area contributed by atoms with Crippen molar-refractivity contribution in [2.24, 2.45) is 0 Å². The lowest BCUT2D eigenvalue weighted by Crippen LogP contribution is -2.51. The third-order valence-corrected chi connectivity index (χ3v) is 8.84. The number of morpholine rings is 1. The summed E-state index contributed by atoms with van der Waals surface area (Å²) in [4.78, 5) is 12.9. The second-order valence-corrected chi connectivity index (χ2v) is 12.3. The van der Waals surface area contributed by atoms with E-state index in [0.717, 1.165) is 11.8 Å². The molecule has 2 aromatic rings. The Morgan fingerprint density at radius 1 is 1.08 bits per heavy atom. The number of benzene rings is 2. The number of nitrogens with zero attached hydrogens (tertiary/aromatic N) is 2. The molecule has 13 heteroatoms. The number of nitrogens with one attached hydrogen (secondary N) is 1. The maximum absolute atomic E-state index is 12.7. The number of amides is 1. The summed E-state index contributed by atoms with van der Waals surface area (Å²) >= 11 is 0. The Morgan fingerprint density at radius 2 is 1.78 bits per heavy atom. The zero-order valence-corrected chi connectivity index (χ0v) is 21.7. The van der Waals surface area contributed by atoms with Crippen molar-refractivity contribution in [3.8, 4) is 11.5 Å².